The molecule has 0 saturated carbocycles. The number of rotatable bonds is 5. The van der Waals surface area contributed by atoms with Crippen molar-refractivity contribution >= 4 is 33.2 Å². The van der Waals surface area contributed by atoms with E-state index in [0.717, 1.165) is 17.7 Å². The van der Waals surface area contributed by atoms with E-state index in [9.17, 15) is 18.0 Å². The van der Waals surface area contributed by atoms with Gasteiger partial charge in [0, 0.05) is 6.54 Å². The maximum Gasteiger partial charge on any atom is 0.278 e. The van der Waals surface area contributed by atoms with E-state index in [2.05, 4.69) is 0 Å². The Morgan fingerprint density at radius 1 is 1.23 bits per heavy atom. The summed E-state index contributed by atoms with van der Waals surface area (Å²) in [6.45, 7) is 2.77. The Kier molecular flexibility index (Phi) is 5.96. The molecule has 2 aliphatic heterocycles. The molecule has 1 aromatic rings. The Morgan fingerprint density at radius 3 is 2.58 bits per heavy atom. The molecular formula is C16H25N4O4S2+. The monoisotopic (exact) mass is 401 g/mol. The zero-order chi connectivity index (χ0) is 18.7. The highest BCUT2D eigenvalue weighted by atomic mass is 32.2. The van der Waals surface area contributed by atoms with Crippen LogP contribution in [0.3, 0.4) is 0 Å². The molecule has 2 fully saturated rings. The van der Waals surface area contributed by atoms with E-state index in [1.165, 1.54) is 15.6 Å². The van der Waals surface area contributed by atoms with Gasteiger partial charge >= 0.3 is 0 Å². The number of nitrogens with zero attached hydrogens (tertiary/aromatic N) is 2. The number of primary amides is 1. The third kappa shape index (κ3) is 4.08. The highest BCUT2D eigenvalue weighted by Gasteiger charge is 2.35. The first kappa shape index (κ1) is 19.3. The summed E-state index contributed by atoms with van der Waals surface area (Å²) >= 11 is 1.22. The van der Waals surface area contributed by atoms with Gasteiger partial charge in [-0.1, -0.05) is 6.07 Å². The molecule has 2 saturated heterocycles. The van der Waals surface area contributed by atoms with Crippen molar-refractivity contribution in [3.05, 3.63) is 17.5 Å². The van der Waals surface area contributed by atoms with Gasteiger partial charge in [-0.3, -0.25) is 9.59 Å². The summed E-state index contributed by atoms with van der Waals surface area (Å²) in [7, 11) is -3.43. The van der Waals surface area contributed by atoms with Gasteiger partial charge in [-0.15, -0.1) is 11.3 Å². The fourth-order valence-electron chi connectivity index (χ4n) is 3.60. The molecule has 0 spiro atoms. The zero-order valence-electron chi connectivity index (χ0n) is 14.6. The number of quaternary nitrogens is 1. The summed E-state index contributed by atoms with van der Waals surface area (Å²) in [4.78, 5) is 26.8. The molecule has 1 aromatic heterocycles. The summed E-state index contributed by atoms with van der Waals surface area (Å²) in [6.07, 6.45) is 2.42. The van der Waals surface area contributed by atoms with Crippen molar-refractivity contribution in [1.82, 2.24) is 9.21 Å². The van der Waals surface area contributed by atoms with E-state index >= 15 is 0 Å². The van der Waals surface area contributed by atoms with Crippen molar-refractivity contribution < 1.29 is 22.9 Å². The maximum absolute atomic E-state index is 12.6. The van der Waals surface area contributed by atoms with Gasteiger partial charge in [0.1, 0.15) is 10.3 Å². The lowest BCUT2D eigenvalue weighted by atomic mass is 10.0. The summed E-state index contributed by atoms with van der Waals surface area (Å²) < 4.78 is 26.9. The van der Waals surface area contributed by atoms with Crippen LogP contribution in [0.5, 0.6) is 0 Å². The number of piperazine rings is 1. The third-order valence-corrected chi connectivity index (χ3v) is 8.34. The fraction of sp³-hybridized carbons (Fsp3) is 0.625. The van der Waals surface area contributed by atoms with Gasteiger partial charge in [-0.2, -0.15) is 4.31 Å². The second-order valence-electron chi connectivity index (χ2n) is 6.76. The van der Waals surface area contributed by atoms with Crippen LogP contribution in [-0.2, 0) is 19.6 Å². The van der Waals surface area contributed by atoms with Gasteiger partial charge < -0.3 is 15.5 Å². The Labute approximate surface area is 157 Å². The SMILES string of the molecule is NC(=O)[C@@H]1CCCCN1C(=O)C[NH+]1CCN(S(=O)(=O)c2cccs2)CC1. The highest BCUT2D eigenvalue weighted by Crippen LogP contribution is 2.20. The predicted molar refractivity (Wildman–Crippen MR) is 97.2 cm³/mol. The average molecular weight is 402 g/mol. The van der Waals surface area contributed by atoms with Crippen LogP contribution in [0.4, 0.5) is 0 Å². The number of sulfonamides is 1. The molecule has 8 nitrogen and oxygen atoms in total. The molecule has 144 valence electrons. The molecule has 10 heteroatoms. The van der Waals surface area contributed by atoms with E-state index in [1.54, 1.807) is 22.4 Å². The topological polar surface area (TPSA) is 105 Å². The minimum absolute atomic E-state index is 0.0712. The number of carbonyl (C=O) groups is 2. The molecule has 2 aliphatic rings. The van der Waals surface area contributed by atoms with Crippen molar-refractivity contribution in [2.75, 3.05) is 39.3 Å². The lowest BCUT2D eigenvalue weighted by Crippen LogP contribution is -3.15. The van der Waals surface area contributed by atoms with Crippen LogP contribution >= 0.6 is 11.3 Å². The summed E-state index contributed by atoms with van der Waals surface area (Å²) in [6, 6.07) is 2.84. The van der Waals surface area contributed by atoms with Gasteiger partial charge in [0.2, 0.25) is 5.91 Å². The number of hydrogen-bond donors (Lipinski definition) is 2. The van der Waals surface area contributed by atoms with Gasteiger partial charge in [0.25, 0.3) is 15.9 Å². The van der Waals surface area contributed by atoms with Crippen molar-refractivity contribution in [2.24, 2.45) is 5.73 Å². The lowest BCUT2D eigenvalue weighted by molar-refractivity contribution is -0.896. The molecule has 2 amide bonds. The number of thiophene rings is 1. The number of nitrogens with one attached hydrogen (secondary N) is 1. The molecule has 3 N–H and O–H groups in total. The number of carbonyl (C=O) groups excluding carboxylic acids is 2. The number of piperidine rings is 1. The molecule has 3 rings (SSSR count). The van der Waals surface area contributed by atoms with Crippen LogP contribution in [0.15, 0.2) is 21.7 Å². The van der Waals surface area contributed by atoms with E-state index in [0.29, 0.717) is 43.4 Å². The smallest absolute Gasteiger partial charge is 0.278 e. The molecule has 1 atom stereocenters. The molecule has 3 heterocycles. The first-order valence-corrected chi connectivity index (χ1v) is 11.2. The summed E-state index contributed by atoms with van der Waals surface area (Å²) in [5.41, 5.74) is 5.43. The second kappa shape index (κ2) is 8.03. The van der Waals surface area contributed by atoms with Crippen LogP contribution in [0.1, 0.15) is 19.3 Å². The molecule has 0 bridgehead atoms. The number of likely N-dealkylation sites (tertiary alicyclic amines) is 1. The van der Waals surface area contributed by atoms with Crippen molar-refractivity contribution in [3.63, 3.8) is 0 Å². The van der Waals surface area contributed by atoms with Crippen LogP contribution in [0.25, 0.3) is 0 Å². The number of hydrogen-bond acceptors (Lipinski definition) is 5. The van der Waals surface area contributed by atoms with Crippen molar-refractivity contribution in [3.8, 4) is 0 Å². The van der Waals surface area contributed by atoms with Crippen molar-refractivity contribution in [1.29, 1.82) is 0 Å². The second-order valence-corrected chi connectivity index (χ2v) is 9.88. The predicted octanol–water partition coefficient (Wildman–Crippen LogP) is -1.50. The molecule has 26 heavy (non-hydrogen) atoms. The van der Waals surface area contributed by atoms with E-state index < -0.39 is 22.0 Å². The van der Waals surface area contributed by atoms with Gasteiger partial charge in [-0.25, -0.2) is 8.42 Å². The van der Waals surface area contributed by atoms with E-state index in [-0.39, 0.29) is 12.5 Å². The minimum atomic E-state index is -3.43. The summed E-state index contributed by atoms with van der Waals surface area (Å²) in [5.74, 6) is -0.516. The first-order chi connectivity index (χ1) is 12.4. The van der Waals surface area contributed by atoms with E-state index in [4.69, 9.17) is 5.73 Å². The minimum Gasteiger partial charge on any atom is -0.368 e. The van der Waals surface area contributed by atoms with Crippen LogP contribution in [-0.4, -0.2) is 74.7 Å². The van der Waals surface area contributed by atoms with Gasteiger partial charge in [0.05, 0.1) is 26.2 Å². The number of amides is 2. The Bertz CT molecular complexity index is 742. The first-order valence-electron chi connectivity index (χ1n) is 8.85. The highest BCUT2D eigenvalue weighted by molar-refractivity contribution is 7.91. The molecule has 0 radical (unpaired) electrons. The largest absolute Gasteiger partial charge is 0.368 e. The third-order valence-electron chi connectivity index (χ3n) is 5.07. The lowest BCUT2D eigenvalue weighted by Gasteiger charge is -2.36. The van der Waals surface area contributed by atoms with E-state index in [1.807, 2.05) is 0 Å². The van der Waals surface area contributed by atoms with Crippen molar-refractivity contribution in [2.45, 2.75) is 29.5 Å². The fourth-order valence-corrected chi connectivity index (χ4v) is 6.18. The van der Waals surface area contributed by atoms with Crippen LogP contribution in [0, 0.1) is 0 Å². The number of nitrogens with two attached hydrogens (primary N) is 1. The maximum atomic E-state index is 12.6. The molecular weight excluding hydrogens is 376 g/mol. The molecule has 0 unspecified atom stereocenters. The Balaban J connectivity index is 1.55. The standard InChI is InChI=1S/C16H24N4O4S2/c17-16(22)13-4-1-2-6-20(13)14(21)12-18-7-9-19(10-8-18)26(23,24)15-5-3-11-25-15/h3,5,11,13H,1-2,4,6-10,12H2,(H2,17,22)/p+1/t13-/m0/s1. The average Bonchev–Trinajstić information content (AvgIpc) is 3.17. The van der Waals surface area contributed by atoms with Crippen LogP contribution < -0.4 is 10.6 Å². The molecule has 0 aliphatic carbocycles. The summed E-state index contributed by atoms with van der Waals surface area (Å²) in [5, 5.41) is 1.75. The zero-order valence-corrected chi connectivity index (χ0v) is 16.2. The quantitative estimate of drug-likeness (QED) is 0.627. The Morgan fingerprint density at radius 2 is 1.96 bits per heavy atom. The van der Waals surface area contributed by atoms with Gasteiger partial charge in [-0.05, 0) is 30.7 Å². The Hall–Kier alpha value is -1.49. The molecule has 0 aromatic carbocycles. The normalized spacial score (nSPS) is 23.1. The van der Waals surface area contributed by atoms with Gasteiger partial charge in [0.15, 0.2) is 6.54 Å². The van der Waals surface area contributed by atoms with Crippen LogP contribution in [0.2, 0.25) is 0 Å².